The summed E-state index contributed by atoms with van der Waals surface area (Å²) in [5.74, 6) is 1.43. The first-order chi connectivity index (χ1) is 17.1. The van der Waals surface area contributed by atoms with Crippen LogP contribution >= 0.6 is 11.3 Å². The first-order valence-corrected chi connectivity index (χ1v) is 12.7. The number of piperazine rings is 1. The lowest BCUT2D eigenvalue weighted by molar-refractivity contribution is 0.313. The summed E-state index contributed by atoms with van der Waals surface area (Å²) in [6, 6.07) is 20.4. The Morgan fingerprint density at radius 1 is 0.943 bits per heavy atom. The highest BCUT2D eigenvalue weighted by Crippen LogP contribution is 2.40. The smallest absolute Gasteiger partial charge is 0.223 e. The van der Waals surface area contributed by atoms with Gasteiger partial charge in [-0.25, -0.2) is 15.0 Å². The van der Waals surface area contributed by atoms with E-state index in [4.69, 9.17) is 14.7 Å². The number of methoxy groups -OCH3 is 1. The number of hydrogen-bond acceptors (Lipinski definition) is 8. The van der Waals surface area contributed by atoms with Crippen LogP contribution in [-0.4, -0.2) is 60.2 Å². The first-order valence-electron chi connectivity index (χ1n) is 11.8. The standard InChI is InChI=1S/C27H30N6OS/c1-19(20-7-5-4-6-8-20)29-26-28-14-13-23(30-26)25-24(21-9-11-22(34-3)12-10-21)31-27(35-25)33-17-15-32(2)16-18-33/h4-14,19H,15-18H2,1-3H3,(H,28,29,30). The zero-order chi connectivity index (χ0) is 24.2. The molecule has 0 amide bonds. The summed E-state index contributed by atoms with van der Waals surface area (Å²) < 4.78 is 5.36. The Morgan fingerprint density at radius 2 is 1.69 bits per heavy atom. The van der Waals surface area contributed by atoms with Crippen molar-refractivity contribution in [1.82, 2.24) is 19.9 Å². The van der Waals surface area contributed by atoms with Gasteiger partial charge in [-0.05, 0) is 49.9 Å². The normalized spacial score (nSPS) is 15.1. The molecule has 0 radical (unpaired) electrons. The van der Waals surface area contributed by atoms with Gasteiger partial charge in [0.15, 0.2) is 5.13 Å². The van der Waals surface area contributed by atoms with E-state index in [1.54, 1.807) is 18.4 Å². The quantitative estimate of drug-likeness (QED) is 0.385. The Kier molecular flexibility index (Phi) is 6.92. The molecule has 0 saturated carbocycles. The Hall–Kier alpha value is -3.49. The molecule has 1 unspecified atom stereocenters. The molecule has 1 atom stereocenters. The molecular formula is C27H30N6OS. The minimum Gasteiger partial charge on any atom is -0.497 e. The van der Waals surface area contributed by atoms with Crippen molar-refractivity contribution in [3.63, 3.8) is 0 Å². The number of ether oxygens (including phenoxy) is 1. The van der Waals surface area contributed by atoms with Crippen molar-refractivity contribution in [1.29, 1.82) is 0 Å². The number of likely N-dealkylation sites (N-methyl/N-ethyl adjacent to an activating group) is 1. The van der Waals surface area contributed by atoms with Gasteiger partial charge in [0.2, 0.25) is 5.95 Å². The molecule has 1 fully saturated rings. The van der Waals surface area contributed by atoms with E-state index in [-0.39, 0.29) is 6.04 Å². The van der Waals surface area contributed by atoms with Crippen LogP contribution in [0.3, 0.4) is 0 Å². The van der Waals surface area contributed by atoms with E-state index in [0.29, 0.717) is 5.95 Å². The second-order valence-corrected chi connectivity index (χ2v) is 9.71. The highest BCUT2D eigenvalue weighted by atomic mass is 32.1. The molecule has 7 nitrogen and oxygen atoms in total. The van der Waals surface area contributed by atoms with Gasteiger partial charge in [-0.1, -0.05) is 41.7 Å². The Morgan fingerprint density at radius 3 is 2.40 bits per heavy atom. The van der Waals surface area contributed by atoms with Gasteiger partial charge in [-0.15, -0.1) is 0 Å². The van der Waals surface area contributed by atoms with E-state index >= 15 is 0 Å². The molecule has 1 aliphatic heterocycles. The fourth-order valence-electron chi connectivity index (χ4n) is 4.13. The van der Waals surface area contributed by atoms with E-state index in [9.17, 15) is 0 Å². The molecule has 0 spiro atoms. The Labute approximate surface area is 210 Å². The van der Waals surface area contributed by atoms with Crippen LogP contribution in [0.2, 0.25) is 0 Å². The summed E-state index contributed by atoms with van der Waals surface area (Å²) in [4.78, 5) is 20.3. The van der Waals surface area contributed by atoms with Gasteiger partial charge < -0.3 is 19.9 Å². The number of aromatic nitrogens is 3. The van der Waals surface area contributed by atoms with Crippen molar-refractivity contribution in [2.45, 2.75) is 13.0 Å². The molecule has 4 aromatic rings. The molecule has 8 heteroatoms. The second kappa shape index (κ2) is 10.4. The number of thiazole rings is 1. The third-order valence-corrected chi connectivity index (χ3v) is 7.43. The number of benzene rings is 2. The Bertz CT molecular complexity index is 1250. The van der Waals surface area contributed by atoms with Crippen molar-refractivity contribution in [2.75, 3.05) is 50.6 Å². The predicted molar refractivity (Wildman–Crippen MR) is 143 cm³/mol. The molecular weight excluding hydrogens is 456 g/mol. The van der Waals surface area contributed by atoms with Gasteiger partial charge in [-0.3, -0.25) is 0 Å². The fraction of sp³-hybridized carbons (Fsp3) is 0.296. The molecule has 2 aromatic carbocycles. The average molecular weight is 487 g/mol. The van der Waals surface area contributed by atoms with Crippen LogP contribution < -0.4 is 15.0 Å². The van der Waals surface area contributed by atoms with Crippen molar-refractivity contribution < 1.29 is 4.74 Å². The largest absolute Gasteiger partial charge is 0.497 e. The third-order valence-electron chi connectivity index (χ3n) is 6.29. The number of anilines is 2. The summed E-state index contributed by atoms with van der Waals surface area (Å²) >= 11 is 1.70. The summed E-state index contributed by atoms with van der Waals surface area (Å²) in [6.07, 6.45) is 1.81. The van der Waals surface area contributed by atoms with E-state index in [0.717, 1.165) is 58.9 Å². The van der Waals surface area contributed by atoms with Crippen LogP contribution in [0.25, 0.3) is 21.8 Å². The topological polar surface area (TPSA) is 66.4 Å². The van der Waals surface area contributed by atoms with Crippen molar-refractivity contribution in [3.05, 3.63) is 72.4 Å². The zero-order valence-electron chi connectivity index (χ0n) is 20.3. The SMILES string of the molecule is COc1ccc(-c2nc(N3CCN(C)CC3)sc2-c2ccnc(NC(C)c3ccccc3)n2)cc1. The van der Waals surface area contributed by atoms with Crippen molar-refractivity contribution in [3.8, 4) is 27.6 Å². The van der Waals surface area contributed by atoms with E-state index in [1.165, 1.54) is 5.56 Å². The molecule has 0 aliphatic carbocycles. The van der Waals surface area contributed by atoms with Crippen LogP contribution in [0, 0.1) is 0 Å². The van der Waals surface area contributed by atoms with Gasteiger partial charge in [0, 0.05) is 37.9 Å². The van der Waals surface area contributed by atoms with Gasteiger partial charge in [-0.2, -0.15) is 0 Å². The fourth-order valence-corrected chi connectivity index (χ4v) is 5.24. The second-order valence-electron chi connectivity index (χ2n) is 8.74. The summed E-state index contributed by atoms with van der Waals surface area (Å²) in [6.45, 7) is 6.12. The molecule has 1 aliphatic rings. The molecule has 0 bridgehead atoms. The summed E-state index contributed by atoms with van der Waals surface area (Å²) in [5.41, 5.74) is 4.04. The van der Waals surface area contributed by atoms with Crippen LogP contribution in [0.1, 0.15) is 18.5 Å². The number of rotatable bonds is 7. The first kappa shape index (κ1) is 23.3. The molecule has 35 heavy (non-hydrogen) atoms. The van der Waals surface area contributed by atoms with Gasteiger partial charge in [0.25, 0.3) is 0 Å². The van der Waals surface area contributed by atoms with E-state index in [1.807, 2.05) is 42.6 Å². The zero-order valence-corrected chi connectivity index (χ0v) is 21.1. The number of nitrogens with zero attached hydrogens (tertiary/aromatic N) is 5. The predicted octanol–water partition coefficient (Wildman–Crippen LogP) is 5.20. The number of nitrogens with one attached hydrogen (secondary N) is 1. The molecule has 1 N–H and O–H groups in total. The minimum absolute atomic E-state index is 0.0925. The monoisotopic (exact) mass is 486 g/mol. The van der Waals surface area contributed by atoms with E-state index in [2.05, 4.69) is 58.3 Å². The highest BCUT2D eigenvalue weighted by molar-refractivity contribution is 7.19. The molecule has 180 valence electrons. The lowest BCUT2D eigenvalue weighted by Gasteiger charge is -2.32. The molecule has 5 rings (SSSR count). The summed E-state index contributed by atoms with van der Waals surface area (Å²) in [5, 5.41) is 4.48. The van der Waals surface area contributed by atoms with Crippen LogP contribution in [-0.2, 0) is 0 Å². The van der Waals surface area contributed by atoms with Crippen molar-refractivity contribution >= 4 is 22.4 Å². The number of hydrogen-bond donors (Lipinski definition) is 1. The maximum Gasteiger partial charge on any atom is 0.223 e. The highest BCUT2D eigenvalue weighted by Gasteiger charge is 2.22. The van der Waals surface area contributed by atoms with Crippen molar-refractivity contribution in [2.24, 2.45) is 0 Å². The van der Waals surface area contributed by atoms with Crippen LogP contribution in [0.15, 0.2) is 66.9 Å². The minimum atomic E-state index is 0.0925. The van der Waals surface area contributed by atoms with Gasteiger partial charge >= 0.3 is 0 Å². The lowest BCUT2D eigenvalue weighted by atomic mass is 10.1. The molecule has 3 heterocycles. The Balaban J connectivity index is 1.49. The third kappa shape index (κ3) is 5.28. The van der Waals surface area contributed by atoms with Gasteiger partial charge in [0.1, 0.15) is 5.75 Å². The van der Waals surface area contributed by atoms with Crippen LogP contribution in [0.4, 0.5) is 11.1 Å². The maximum absolute atomic E-state index is 5.36. The summed E-state index contributed by atoms with van der Waals surface area (Å²) in [7, 11) is 3.85. The average Bonchev–Trinajstić information content (AvgIpc) is 3.35. The lowest BCUT2D eigenvalue weighted by Crippen LogP contribution is -2.44. The maximum atomic E-state index is 5.36. The van der Waals surface area contributed by atoms with E-state index < -0.39 is 0 Å². The van der Waals surface area contributed by atoms with Gasteiger partial charge in [0.05, 0.1) is 29.4 Å². The van der Waals surface area contributed by atoms with Crippen LogP contribution in [0.5, 0.6) is 5.75 Å². The molecule has 1 saturated heterocycles. The molecule has 2 aromatic heterocycles.